The van der Waals surface area contributed by atoms with Gasteiger partial charge in [0.2, 0.25) is 0 Å². The van der Waals surface area contributed by atoms with Crippen LogP contribution in [-0.4, -0.2) is 11.5 Å². The summed E-state index contributed by atoms with van der Waals surface area (Å²) in [6.45, 7) is 5.99. The van der Waals surface area contributed by atoms with Gasteiger partial charge in [-0.1, -0.05) is 31.2 Å². The summed E-state index contributed by atoms with van der Waals surface area (Å²) < 4.78 is 5.51. The Balaban J connectivity index is 2.22. The summed E-state index contributed by atoms with van der Waals surface area (Å²) in [5.74, 6) is 0.881. The molecule has 0 aliphatic rings. The van der Waals surface area contributed by atoms with E-state index in [1.807, 2.05) is 12.1 Å². The Morgan fingerprint density at radius 2 is 2.12 bits per heavy atom. The number of nitrogens with zero attached hydrogens (tertiary/aromatic N) is 1. The summed E-state index contributed by atoms with van der Waals surface area (Å²) in [6, 6.07) is 8.21. The molecule has 1 heterocycles. The van der Waals surface area contributed by atoms with E-state index in [0.29, 0.717) is 0 Å². The predicted octanol–water partition coefficient (Wildman–Crippen LogP) is 3.15. The molecular formula is C14H18N2O. The van der Waals surface area contributed by atoms with Crippen molar-refractivity contribution in [1.29, 1.82) is 0 Å². The molecule has 90 valence electrons. The molecule has 0 aliphatic carbocycles. The lowest BCUT2D eigenvalue weighted by molar-refractivity contribution is 0.569. The molecule has 0 spiro atoms. The Morgan fingerprint density at radius 1 is 1.29 bits per heavy atom. The van der Waals surface area contributed by atoms with E-state index in [1.54, 1.807) is 0 Å². The molecule has 2 aromatic rings. The van der Waals surface area contributed by atoms with Crippen molar-refractivity contribution in [3.05, 3.63) is 41.9 Å². The Hall–Kier alpha value is -1.61. The van der Waals surface area contributed by atoms with Crippen molar-refractivity contribution in [2.45, 2.75) is 26.8 Å². The van der Waals surface area contributed by atoms with Crippen molar-refractivity contribution in [1.82, 2.24) is 10.3 Å². The highest BCUT2D eigenvalue weighted by atomic mass is 16.3. The maximum atomic E-state index is 5.51. The molecule has 0 saturated carbocycles. The van der Waals surface area contributed by atoms with E-state index in [1.165, 1.54) is 12.0 Å². The highest BCUT2D eigenvalue weighted by Crippen LogP contribution is 2.25. The van der Waals surface area contributed by atoms with E-state index < -0.39 is 0 Å². The Bertz CT molecular complexity index is 477. The Labute approximate surface area is 102 Å². The fourth-order valence-corrected chi connectivity index (χ4v) is 1.83. The van der Waals surface area contributed by atoms with Gasteiger partial charge in [-0.2, -0.15) is 0 Å². The summed E-state index contributed by atoms with van der Waals surface area (Å²) in [4.78, 5) is 4.28. The van der Waals surface area contributed by atoms with Gasteiger partial charge in [-0.15, -0.1) is 0 Å². The maximum Gasteiger partial charge on any atom is 0.181 e. The molecule has 3 heteroatoms. The minimum atomic E-state index is 0.758. The van der Waals surface area contributed by atoms with Crippen molar-refractivity contribution in [3.63, 3.8) is 0 Å². The average molecular weight is 230 g/mol. The maximum absolute atomic E-state index is 5.51. The van der Waals surface area contributed by atoms with Crippen molar-refractivity contribution in [3.8, 4) is 11.3 Å². The number of nitrogens with one attached hydrogen (secondary N) is 1. The second kappa shape index (κ2) is 5.64. The monoisotopic (exact) mass is 230 g/mol. The van der Waals surface area contributed by atoms with Crippen LogP contribution in [0.4, 0.5) is 0 Å². The molecule has 1 N–H and O–H groups in total. The van der Waals surface area contributed by atoms with Gasteiger partial charge in [0.15, 0.2) is 12.2 Å². The zero-order valence-corrected chi connectivity index (χ0v) is 10.4. The van der Waals surface area contributed by atoms with E-state index in [9.17, 15) is 0 Å². The van der Waals surface area contributed by atoms with Crippen LogP contribution in [0.15, 0.2) is 35.1 Å². The zero-order chi connectivity index (χ0) is 12.1. The SMILES string of the molecule is CCCNCc1ncoc1-c1ccccc1C. The molecule has 3 nitrogen and oxygen atoms in total. The molecule has 0 aliphatic heterocycles. The summed E-state index contributed by atoms with van der Waals surface area (Å²) in [7, 11) is 0. The molecule has 0 amide bonds. The van der Waals surface area contributed by atoms with Crippen LogP contribution in [0, 0.1) is 6.92 Å². The van der Waals surface area contributed by atoms with Gasteiger partial charge < -0.3 is 9.73 Å². The molecule has 2 rings (SSSR count). The normalized spacial score (nSPS) is 10.7. The smallest absolute Gasteiger partial charge is 0.181 e. The third kappa shape index (κ3) is 2.74. The molecule has 17 heavy (non-hydrogen) atoms. The summed E-state index contributed by atoms with van der Waals surface area (Å²) in [6.07, 6.45) is 2.64. The largest absolute Gasteiger partial charge is 0.443 e. The van der Waals surface area contributed by atoms with Crippen LogP contribution in [0.5, 0.6) is 0 Å². The topological polar surface area (TPSA) is 38.1 Å². The van der Waals surface area contributed by atoms with Gasteiger partial charge in [0.1, 0.15) is 5.69 Å². The summed E-state index contributed by atoms with van der Waals surface area (Å²) in [5, 5.41) is 3.34. The van der Waals surface area contributed by atoms with Crippen LogP contribution < -0.4 is 5.32 Å². The van der Waals surface area contributed by atoms with Crippen LogP contribution in [-0.2, 0) is 6.54 Å². The first-order chi connectivity index (χ1) is 8.33. The number of hydrogen-bond donors (Lipinski definition) is 1. The van der Waals surface area contributed by atoms with Crippen molar-refractivity contribution in [2.24, 2.45) is 0 Å². The van der Waals surface area contributed by atoms with E-state index in [-0.39, 0.29) is 0 Å². The van der Waals surface area contributed by atoms with Crippen LogP contribution >= 0.6 is 0 Å². The van der Waals surface area contributed by atoms with Gasteiger partial charge >= 0.3 is 0 Å². The summed E-state index contributed by atoms with van der Waals surface area (Å²) in [5.41, 5.74) is 3.31. The Kier molecular flexibility index (Phi) is 3.94. The second-order valence-corrected chi connectivity index (χ2v) is 4.12. The van der Waals surface area contributed by atoms with E-state index in [0.717, 1.165) is 36.5 Å². The Morgan fingerprint density at radius 3 is 2.88 bits per heavy atom. The van der Waals surface area contributed by atoms with Gasteiger partial charge in [-0.25, -0.2) is 4.98 Å². The molecule has 0 saturated heterocycles. The van der Waals surface area contributed by atoms with Gasteiger partial charge in [0.05, 0.1) is 0 Å². The van der Waals surface area contributed by atoms with Crippen LogP contribution in [0.25, 0.3) is 11.3 Å². The first-order valence-electron chi connectivity index (χ1n) is 6.02. The highest BCUT2D eigenvalue weighted by Gasteiger charge is 2.11. The van der Waals surface area contributed by atoms with Crippen LogP contribution in [0.2, 0.25) is 0 Å². The number of rotatable bonds is 5. The zero-order valence-electron chi connectivity index (χ0n) is 10.4. The third-order valence-electron chi connectivity index (χ3n) is 2.75. The van der Waals surface area contributed by atoms with Crippen molar-refractivity contribution >= 4 is 0 Å². The van der Waals surface area contributed by atoms with Gasteiger partial charge in [-0.05, 0) is 25.5 Å². The number of oxazole rings is 1. The summed E-state index contributed by atoms with van der Waals surface area (Å²) >= 11 is 0. The van der Waals surface area contributed by atoms with E-state index in [4.69, 9.17) is 4.42 Å². The van der Waals surface area contributed by atoms with E-state index in [2.05, 4.69) is 36.3 Å². The fourth-order valence-electron chi connectivity index (χ4n) is 1.83. The van der Waals surface area contributed by atoms with Gasteiger partial charge in [0.25, 0.3) is 0 Å². The third-order valence-corrected chi connectivity index (χ3v) is 2.75. The number of aryl methyl sites for hydroxylation is 1. The molecule has 0 fully saturated rings. The quantitative estimate of drug-likeness (QED) is 0.802. The first kappa shape index (κ1) is 11.9. The van der Waals surface area contributed by atoms with Crippen molar-refractivity contribution in [2.75, 3.05) is 6.54 Å². The number of benzene rings is 1. The molecular weight excluding hydrogens is 212 g/mol. The van der Waals surface area contributed by atoms with Crippen LogP contribution in [0.3, 0.4) is 0 Å². The van der Waals surface area contributed by atoms with Crippen molar-refractivity contribution < 1.29 is 4.42 Å². The second-order valence-electron chi connectivity index (χ2n) is 4.12. The average Bonchev–Trinajstić information content (AvgIpc) is 2.78. The molecule has 1 aromatic carbocycles. The molecule has 0 bridgehead atoms. The van der Waals surface area contributed by atoms with E-state index >= 15 is 0 Å². The molecule has 1 aromatic heterocycles. The van der Waals surface area contributed by atoms with Gasteiger partial charge in [0, 0.05) is 12.1 Å². The fraction of sp³-hybridized carbons (Fsp3) is 0.357. The number of hydrogen-bond acceptors (Lipinski definition) is 3. The van der Waals surface area contributed by atoms with Gasteiger partial charge in [-0.3, -0.25) is 0 Å². The lowest BCUT2D eigenvalue weighted by atomic mass is 10.1. The lowest BCUT2D eigenvalue weighted by Gasteiger charge is -2.05. The highest BCUT2D eigenvalue weighted by molar-refractivity contribution is 5.63. The molecule has 0 radical (unpaired) electrons. The minimum absolute atomic E-state index is 0.758. The lowest BCUT2D eigenvalue weighted by Crippen LogP contribution is -2.14. The standard InChI is InChI=1S/C14H18N2O/c1-3-8-15-9-13-14(17-10-16-13)12-7-5-4-6-11(12)2/h4-7,10,15H,3,8-9H2,1-2H3. The first-order valence-corrected chi connectivity index (χ1v) is 6.02. The predicted molar refractivity (Wildman–Crippen MR) is 68.7 cm³/mol. The van der Waals surface area contributed by atoms with Crippen LogP contribution in [0.1, 0.15) is 24.6 Å². The number of aromatic nitrogens is 1. The molecule has 0 unspecified atom stereocenters. The minimum Gasteiger partial charge on any atom is -0.443 e. The molecule has 0 atom stereocenters.